The van der Waals surface area contributed by atoms with E-state index in [1.165, 1.54) is 18.4 Å². The van der Waals surface area contributed by atoms with Crippen LogP contribution in [0.5, 0.6) is 0 Å². The van der Waals surface area contributed by atoms with Gasteiger partial charge >= 0.3 is 0 Å². The van der Waals surface area contributed by atoms with E-state index in [0.717, 1.165) is 4.68 Å². The van der Waals surface area contributed by atoms with Crippen molar-refractivity contribution in [3.8, 4) is 11.5 Å². The number of furan rings is 1. The maximum atomic E-state index is 12.9. The third-order valence-electron chi connectivity index (χ3n) is 4.46. The second-order valence-corrected chi connectivity index (χ2v) is 9.42. The van der Waals surface area contributed by atoms with Crippen molar-refractivity contribution in [2.24, 2.45) is 5.92 Å². The van der Waals surface area contributed by atoms with Crippen LogP contribution in [0.1, 0.15) is 20.3 Å². The van der Waals surface area contributed by atoms with E-state index in [4.69, 9.17) is 4.42 Å². The molecule has 0 bridgehead atoms. The molecule has 0 saturated carbocycles. The minimum atomic E-state index is -3.12. The number of sulfone groups is 1. The van der Waals surface area contributed by atoms with Crippen molar-refractivity contribution in [1.29, 1.82) is 0 Å². The zero-order valence-electron chi connectivity index (χ0n) is 15.4. The third kappa shape index (κ3) is 4.65. The molecule has 3 heterocycles. The van der Waals surface area contributed by atoms with E-state index in [9.17, 15) is 18.0 Å². The predicted molar refractivity (Wildman–Crippen MR) is 99.8 cm³/mol. The Bertz CT molecular complexity index is 963. The summed E-state index contributed by atoms with van der Waals surface area (Å²) in [6, 6.07) is 5.95. The normalized spacial score (nSPS) is 18.7. The maximum Gasteiger partial charge on any atom is 0.267 e. The molecular weight excluding hydrogens is 370 g/mol. The van der Waals surface area contributed by atoms with Crippen molar-refractivity contribution >= 4 is 15.7 Å². The first kappa shape index (κ1) is 19.3. The summed E-state index contributed by atoms with van der Waals surface area (Å²) in [6.07, 6.45) is 1.93. The molecule has 9 heteroatoms. The molecule has 2 aromatic heterocycles. The van der Waals surface area contributed by atoms with Crippen LogP contribution < -0.4 is 5.56 Å². The van der Waals surface area contributed by atoms with E-state index in [1.807, 2.05) is 13.8 Å². The highest BCUT2D eigenvalue weighted by Crippen LogP contribution is 2.20. The molecule has 0 aliphatic carbocycles. The summed E-state index contributed by atoms with van der Waals surface area (Å²) in [5.74, 6) is 0.428. The van der Waals surface area contributed by atoms with Crippen LogP contribution in [0.25, 0.3) is 11.5 Å². The molecule has 2 aromatic rings. The maximum absolute atomic E-state index is 12.9. The van der Waals surface area contributed by atoms with Gasteiger partial charge in [-0.15, -0.1) is 0 Å². The first-order valence-corrected chi connectivity index (χ1v) is 10.7. The van der Waals surface area contributed by atoms with Gasteiger partial charge in [-0.05, 0) is 30.5 Å². The fraction of sp³-hybridized carbons (Fsp3) is 0.500. The van der Waals surface area contributed by atoms with Gasteiger partial charge in [0, 0.05) is 18.7 Å². The van der Waals surface area contributed by atoms with Crippen LogP contribution in [-0.4, -0.2) is 53.1 Å². The molecule has 0 radical (unpaired) electrons. The summed E-state index contributed by atoms with van der Waals surface area (Å²) in [5.41, 5.74) is 0.0495. The van der Waals surface area contributed by atoms with Crippen molar-refractivity contribution < 1.29 is 17.6 Å². The molecule has 8 nitrogen and oxygen atoms in total. The Hall–Kier alpha value is -2.42. The van der Waals surface area contributed by atoms with Gasteiger partial charge in [-0.3, -0.25) is 9.59 Å². The van der Waals surface area contributed by atoms with Gasteiger partial charge in [0.1, 0.15) is 12.2 Å². The molecule has 1 atom stereocenters. The summed E-state index contributed by atoms with van der Waals surface area (Å²) in [7, 11) is -3.12. The van der Waals surface area contributed by atoms with Crippen molar-refractivity contribution in [3.05, 3.63) is 40.9 Å². The lowest BCUT2D eigenvalue weighted by Crippen LogP contribution is -2.46. The van der Waals surface area contributed by atoms with Crippen LogP contribution in [0.3, 0.4) is 0 Å². The fourth-order valence-corrected chi connectivity index (χ4v) is 4.94. The van der Waals surface area contributed by atoms with Crippen LogP contribution in [0.4, 0.5) is 0 Å². The largest absolute Gasteiger partial charge is 0.463 e. The molecule has 3 rings (SSSR count). The van der Waals surface area contributed by atoms with Crippen molar-refractivity contribution in [3.63, 3.8) is 0 Å². The highest BCUT2D eigenvalue weighted by atomic mass is 32.2. The number of aromatic nitrogens is 2. The number of carbonyl (C=O) groups excluding carboxylic acids is 1. The molecular formula is C18H23N3O5S. The molecule has 1 aliphatic rings. The van der Waals surface area contributed by atoms with E-state index in [1.54, 1.807) is 17.0 Å². The van der Waals surface area contributed by atoms with Gasteiger partial charge in [-0.25, -0.2) is 13.1 Å². The minimum Gasteiger partial charge on any atom is -0.463 e. The highest BCUT2D eigenvalue weighted by Gasteiger charge is 2.35. The Morgan fingerprint density at radius 1 is 1.37 bits per heavy atom. The minimum absolute atomic E-state index is 0.0276. The molecule has 1 saturated heterocycles. The zero-order chi connectivity index (χ0) is 19.6. The second-order valence-electron chi connectivity index (χ2n) is 7.19. The molecule has 1 fully saturated rings. The Morgan fingerprint density at radius 2 is 2.15 bits per heavy atom. The number of carbonyl (C=O) groups is 1. The van der Waals surface area contributed by atoms with E-state index in [-0.39, 0.29) is 35.9 Å². The number of nitrogens with zero attached hydrogens (tertiary/aromatic N) is 3. The second kappa shape index (κ2) is 7.67. The molecule has 0 N–H and O–H groups in total. The van der Waals surface area contributed by atoms with Crippen LogP contribution in [0.2, 0.25) is 0 Å². The predicted octanol–water partition coefficient (Wildman–Crippen LogP) is 1.18. The van der Waals surface area contributed by atoms with Crippen LogP contribution in [0, 0.1) is 5.92 Å². The quantitative estimate of drug-likeness (QED) is 0.730. The SMILES string of the molecule is CC(C)CN(C(=O)Cn1nc(-c2ccco2)ccc1=O)[C@H]1CCS(=O)(=O)C1. The van der Waals surface area contributed by atoms with Crippen LogP contribution >= 0.6 is 0 Å². The van der Waals surface area contributed by atoms with E-state index < -0.39 is 15.4 Å². The van der Waals surface area contributed by atoms with Gasteiger partial charge in [0.2, 0.25) is 5.91 Å². The highest BCUT2D eigenvalue weighted by molar-refractivity contribution is 7.91. The summed E-state index contributed by atoms with van der Waals surface area (Å²) in [4.78, 5) is 26.6. The van der Waals surface area contributed by atoms with Gasteiger partial charge < -0.3 is 9.32 Å². The first-order chi connectivity index (χ1) is 12.7. The lowest BCUT2D eigenvalue weighted by Gasteiger charge is -2.30. The molecule has 0 aromatic carbocycles. The van der Waals surface area contributed by atoms with Gasteiger partial charge in [-0.1, -0.05) is 13.8 Å². The van der Waals surface area contributed by atoms with Gasteiger partial charge in [0.25, 0.3) is 5.56 Å². The topological polar surface area (TPSA) is 102 Å². The van der Waals surface area contributed by atoms with Crippen molar-refractivity contribution in [2.75, 3.05) is 18.1 Å². The van der Waals surface area contributed by atoms with Crippen LogP contribution in [0.15, 0.2) is 39.7 Å². The van der Waals surface area contributed by atoms with Gasteiger partial charge in [0.05, 0.1) is 17.8 Å². The molecule has 146 valence electrons. The number of hydrogen-bond donors (Lipinski definition) is 0. The summed E-state index contributed by atoms with van der Waals surface area (Å²) >= 11 is 0. The average Bonchev–Trinajstić information content (AvgIpc) is 3.24. The van der Waals surface area contributed by atoms with Gasteiger partial charge in [-0.2, -0.15) is 5.10 Å². The Labute approximate surface area is 157 Å². The Balaban J connectivity index is 1.83. The number of hydrogen-bond acceptors (Lipinski definition) is 6. The van der Waals surface area contributed by atoms with E-state index in [2.05, 4.69) is 5.10 Å². The summed E-state index contributed by atoms with van der Waals surface area (Å²) in [5, 5.41) is 4.22. The molecule has 1 aliphatic heterocycles. The Morgan fingerprint density at radius 3 is 2.74 bits per heavy atom. The Kier molecular flexibility index (Phi) is 5.50. The fourth-order valence-electron chi connectivity index (χ4n) is 3.21. The average molecular weight is 393 g/mol. The van der Waals surface area contributed by atoms with Crippen molar-refractivity contribution in [2.45, 2.75) is 32.9 Å². The number of rotatable bonds is 6. The standard InChI is InChI=1S/C18H23N3O5S/c1-13(2)10-20(14-7-9-27(24,25)12-14)18(23)11-21-17(22)6-5-15(19-21)16-4-3-8-26-16/h3-6,8,13-14H,7,9-12H2,1-2H3/t14-/m0/s1. The lowest BCUT2D eigenvalue weighted by atomic mass is 10.1. The molecule has 1 amide bonds. The van der Waals surface area contributed by atoms with E-state index in [0.29, 0.717) is 24.4 Å². The first-order valence-electron chi connectivity index (χ1n) is 8.87. The van der Waals surface area contributed by atoms with Gasteiger partial charge in [0.15, 0.2) is 15.6 Å². The monoisotopic (exact) mass is 393 g/mol. The molecule has 27 heavy (non-hydrogen) atoms. The lowest BCUT2D eigenvalue weighted by molar-refractivity contribution is -0.134. The summed E-state index contributed by atoms with van der Waals surface area (Å²) < 4.78 is 30.0. The van der Waals surface area contributed by atoms with Crippen molar-refractivity contribution in [1.82, 2.24) is 14.7 Å². The number of amides is 1. The van der Waals surface area contributed by atoms with Crippen LogP contribution in [-0.2, 0) is 21.2 Å². The third-order valence-corrected chi connectivity index (χ3v) is 6.21. The van der Waals surface area contributed by atoms with E-state index >= 15 is 0 Å². The smallest absolute Gasteiger partial charge is 0.267 e. The molecule has 0 spiro atoms. The zero-order valence-corrected chi connectivity index (χ0v) is 16.2. The molecule has 0 unspecified atom stereocenters. The summed E-state index contributed by atoms with van der Waals surface area (Å²) in [6.45, 7) is 4.12.